The minimum absolute atomic E-state index is 0.0202. The zero-order valence-electron chi connectivity index (χ0n) is 9.80. The van der Waals surface area contributed by atoms with Gasteiger partial charge in [0.05, 0.1) is 12.5 Å². The predicted octanol–water partition coefficient (Wildman–Crippen LogP) is 1.92. The summed E-state index contributed by atoms with van der Waals surface area (Å²) >= 11 is 0. The fraction of sp³-hybridized carbons (Fsp3) is 0.286. The summed E-state index contributed by atoms with van der Waals surface area (Å²) in [5.74, 6) is 0.110. The smallest absolute Gasteiger partial charge is 0.233 e. The van der Waals surface area contributed by atoms with Crippen molar-refractivity contribution in [3.8, 4) is 0 Å². The molecule has 1 aliphatic rings. The molecule has 1 amide bonds. The minimum Gasteiger partial charge on any atom is -0.314 e. The zero-order chi connectivity index (χ0) is 12.3. The summed E-state index contributed by atoms with van der Waals surface area (Å²) in [5, 5.41) is 0. The van der Waals surface area contributed by atoms with E-state index in [0.29, 0.717) is 13.0 Å². The van der Waals surface area contributed by atoms with E-state index in [9.17, 15) is 9.59 Å². The van der Waals surface area contributed by atoms with Gasteiger partial charge < -0.3 is 9.69 Å². The van der Waals surface area contributed by atoms with Crippen LogP contribution in [0, 0.1) is 5.92 Å². The van der Waals surface area contributed by atoms with Gasteiger partial charge in [0.2, 0.25) is 5.91 Å². The second-order valence-electron chi connectivity index (χ2n) is 4.29. The number of rotatable bonds is 4. The molecule has 0 spiro atoms. The Morgan fingerprint density at radius 3 is 2.76 bits per heavy atom. The Kier molecular flexibility index (Phi) is 3.38. The Labute approximate surface area is 101 Å². The van der Waals surface area contributed by atoms with Crippen LogP contribution in [0.2, 0.25) is 0 Å². The number of carbonyl (C=O) groups excluding carboxylic acids is 2. The molecule has 1 aliphatic heterocycles. The molecular formula is C14H15NO2. The highest BCUT2D eigenvalue weighted by molar-refractivity contribution is 5.83. The molecule has 0 N–H and O–H groups in total. The Morgan fingerprint density at radius 2 is 2.12 bits per heavy atom. The third kappa shape index (κ3) is 2.61. The molecule has 0 bridgehead atoms. The summed E-state index contributed by atoms with van der Waals surface area (Å²) in [6.07, 6.45) is 5.05. The van der Waals surface area contributed by atoms with Gasteiger partial charge in [-0.3, -0.25) is 4.79 Å². The molecule has 0 aliphatic carbocycles. The molecule has 0 saturated heterocycles. The van der Waals surface area contributed by atoms with Crippen molar-refractivity contribution in [3.63, 3.8) is 0 Å². The van der Waals surface area contributed by atoms with Crippen molar-refractivity contribution in [3.05, 3.63) is 47.7 Å². The first-order valence-corrected chi connectivity index (χ1v) is 5.71. The predicted molar refractivity (Wildman–Crippen MR) is 65.1 cm³/mol. The van der Waals surface area contributed by atoms with Gasteiger partial charge in [-0.15, -0.1) is 0 Å². The number of benzene rings is 1. The lowest BCUT2D eigenvalue weighted by atomic mass is 10.1. The van der Waals surface area contributed by atoms with E-state index in [-0.39, 0.29) is 11.8 Å². The van der Waals surface area contributed by atoms with Crippen LogP contribution in [0.1, 0.15) is 18.1 Å². The summed E-state index contributed by atoms with van der Waals surface area (Å²) < 4.78 is 0. The Balaban J connectivity index is 2.08. The number of carbonyl (C=O) groups is 2. The largest absolute Gasteiger partial charge is 0.314 e. The molecule has 3 heteroatoms. The van der Waals surface area contributed by atoms with Gasteiger partial charge >= 0.3 is 0 Å². The van der Waals surface area contributed by atoms with E-state index in [1.54, 1.807) is 4.90 Å². The summed E-state index contributed by atoms with van der Waals surface area (Å²) in [6.45, 7) is 2.47. The third-order valence-electron chi connectivity index (χ3n) is 2.89. The first-order valence-electron chi connectivity index (χ1n) is 5.71. The Bertz CT molecular complexity index is 465. The Hall–Kier alpha value is -1.90. The highest BCUT2D eigenvalue weighted by Crippen LogP contribution is 2.17. The van der Waals surface area contributed by atoms with E-state index < -0.39 is 0 Å². The van der Waals surface area contributed by atoms with Crippen molar-refractivity contribution in [1.29, 1.82) is 0 Å². The molecule has 1 atom stereocenters. The summed E-state index contributed by atoms with van der Waals surface area (Å²) in [7, 11) is 0. The SMILES string of the molecule is CC1C=CN(Cc2cccc(CC=O)c2)C1=O. The summed E-state index contributed by atoms with van der Waals surface area (Å²) in [5.41, 5.74) is 2.04. The van der Waals surface area contributed by atoms with Gasteiger partial charge in [0.15, 0.2) is 0 Å². The van der Waals surface area contributed by atoms with Crippen molar-refractivity contribution in [2.24, 2.45) is 5.92 Å². The maximum Gasteiger partial charge on any atom is 0.233 e. The monoisotopic (exact) mass is 229 g/mol. The maximum atomic E-state index is 11.7. The molecule has 0 aromatic heterocycles. The van der Waals surface area contributed by atoms with Gasteiger partial charge in [-0.1, -0.05) is 37.3 Å². The number of amides is 1. The second-order valence-corrected chi connectivity index (χ2v) is 4.29. The first kappa shape index (κ1) is 11.6. The van der Waals surface area contributed by atoms with E-state index in [4.69, 9.17) is 0 Å². The molecular weight excluding hydrogens is 214 g/mol. The lowest BCUT2D eigenvalue weighted by Crippen LogP contribution is -2.24. The van der Waals surface area contributed by atoms with Gasteiger partial charge in [0, 0.05) is 12.6 Å². The summed E-state index contributed by atoms with van der Waals surface area (Å²) in [4.78, 5) is 23.9. The van der Waals surface area contributed by atoms with Gasteiger partial charge in [0.25, 0.3) is 0 Å². The Morgan fingerprint density at radius 1 is 1.35 bits per heavy atom. The fourth-order valence-electron chi connectivity index (χ4n) is 1.93. The van der Waals surface area contributed by atoms with Crippen LogP contribution in [0.5, 0.6) is 0 Å². The van der Waals surface area contributed by atoms with Crippen molar-refractivity contribution in [2.45, 2.75) is 19.9 Å². The topological polar surface area (TPSA) is 37.4 Å². The van der Waals surface area contributed by atoms with Crippen molar-refractivity contribution >= 4 is 12.2 Å². The number of aldehydes is 1. The number of hydrogen-bond donors (Lipinski definition) is 0. The molecule has 2 rings (SSSR count). The highest BCUT2D eigenvalue weighted by atomic mass is 16.2. The number of nitrogens with zero attached hydrogens (tertiary/aromatic N) is 1. The normalized spacial score (nSPS) is 18.8. The van der Waals surface area contributed by atoms with Crippen LogP contribution in [-0.4, -0.2) is 17.1 Å². The van der Waals surface area contributed by atoms with Crippen molar-refractivity contribution in [1.82, 2.24) is 4.90 Å². The lowest BCUT2D eigenvalue weighted by molar-refractivity contribution is -0.130. The molecule has 1 aromatic carbocycles. The van der Waals surface area contributed by atoms with Crippen LogP contribution >= 0.6 is 0 Å². The molecule has 1 aromatic rings. The first-order chi connectivity index (χ1) is 8.20. The van der Waals surface area contributed by atoms with Crippen molar-refractivity contribution < 1.29 is 9.59 Å². The van der Waals surface area contributed by atoms with Crippen molar-refractivity contribution in [2.75, 3.05) is 0 Å². The van der Waals surface area contributed by atoms with E-state index in [1.807, 2.05) is 43.5 Å². The van der Waals surface area contributed by atoms with Gasteiger partial charge in [-0.2, -0.15) is 0 Å². The molecule has 1 heterocycles. The quantitative estimate of drug-likeness (QED) is 0.740. The van der Waals surface area contributed by atoms with E-state index in [2.05, 4.69) is 0 Å². The molecule has 0 saturated carbocycles. The third-order valence-corrected chi connectivity index (χ3v) is 2.89. The second kappa shape index (κ2) is 4.95. The number of hydrogen-bond acceptors (Lipinski definition) is 2. The standard InChI is InChI=1S/C14H15NO2/c1-11-5-7-15(14(11)17)10-13-4-2-3-12(9-13)6-8-16/h2-5,7-9,11H,6,10H2,1H3. The minimum atomic E-state index is -0.0202. The lowest BCUT2D eigenvalue weighted by Gasteiger charge is -2.15. The van der Waals surface area contributed by atoms with E-state index in [1.165, 1.54) is 0 Å². The van der Waals surface area contributed by atoms with Crippen LogP contribution in [0.25, 0.3) is 0 Å². The van der Waals surface area contributed by atoms with Crippen LogP contribution in [0.3, 0.4) is 0 Å². The van der Waals surface area contributed by atoms with E-state index in [0.717, 1.165) is 17.4 Å². The summed E-state index contributed by atoms with van der Waals surface area (Å²) in [6, 6.07) is 7.78. The molecule has 17 heavy (non-hydrogen) atoms. The molecule has 88 valence electrons. The van der Waals surface area contributed by atoms with Gasteiger partial charge in [-0.25, -0.2) is 0 Å². The van der Waals surface area contributed by atoms with Crippen LogP contribution in [0.4, 0.5) is 0 Å². The van der Waals surface area contributed by atoms with Crippen LogP contribution in [0.15, 0.2) is 36.5 Å². The van der Waals surface area contributed by atoms with Gasteiger partial charge in [-0.05, 0) is 11.1 Å². The van der Waals surface area contributed by atoms with E-state index >= 15 is 0 Å². The van der Waals surface area contributed by atoms with Crippen LogP contribution in [-0.2, 0) is 22.6 Å². The molecule has 3 nitrogen and oxygen atoms in total. The maximum absolute atomic E-state index is 11.7. The fourth-order valence-corrected chi connectivity index (χ4v) is 1.93. The molecule has 0 radical (unpaired) electrons. The average Bonchev–Trinajstić information content (AvgIpc) is 2.62. The average molecular weight is 229 g/mol. The van der Waals surface area contributed by atoms with Crippen LogP contribution < -0.4 is 0 Å². The zero-order valence-corrected chi connectivity index (χ0v) is 9.80. The molecule has 0 fully saturated rings. The highest BCUT2D eigenvalue weighted by Gasteiger charge is 2.22. The molecule has 1 unspecified atom stereocenters. The van der Waals surface area contributed by atoms with Gasteiger partial charge in [0.1, 0.15) is 6.29 Å².